The van der Waals surface area contributed by atoms with Crippen LogP contribution in [0.15, 0.2) is 115 Å². The first-order chi connectivity index (χ1) is 15.6. The number of hydrogen-bond acceptors (Lipinski definition) is 2. The molecule has 0 bridgehead atoms. The zero-order valence-electron chi connectivity index (χ0n) is 18.9. The van der Waals surface area contributed by atoms with Gasteiger partial charge in [-0.2, -0.15) is 0 Å². The minimum absolute atomic E-state index is 0.154. The van der Waals surface area contributed by atoms with Crippen molar-refractivity contribution >= 4 is 33.5 Å². The third-order valence-electron chi connectivity index (χ3n) is 6.82. The molecule has 0 unspecified atom stereocenters. The van der Waals surface area contributed by atoms with Crippen LogP contribution in [-0.2, 0) is 0 Å². The van der Waals surface area contributed by atoms with Crippen LogP contribution in [0, 0.1) is 0 Å². The van der Waals surface area contributed by atoms with Crippen molar-refractivity contribution in [1.29, 1.82) is 0 Å². The second-order valence-electron chi connectivity index (χ2n) is 8.39. The van der Waals surface area contributed by atoms with Gasteiger partial charge in [0.1, 0.15) is 0 Å². The Labute approximate surface area is 192 Å². The molecule has 0 aliphatic heterocycles. The Morgan fingerprint density at radius 1 is 0.594 bits per heavy atom. The number of nitrogens with zero attached hydrogens (tertiary/aromatic N) is 1. The van der Waals surface area contributed by atoms with Gasteiger partial charge in [0.25, 0.3) is 0 Å². The summed E-state index contributed by atoms with van der Waals surface area (Å²) >= 11 is 0. The number of likely N-dealkylation sites (N-methyl/N-ethyl adjacent to an activating group) is 1. The van der Waals surface area contributed by atoms with Crippen LogP contribution in [0.5, 0.6) is 0 Å². The Kier molecular flexibility index (Phi) is 6.46. The fraction of sp³-hybridized carbons (Fsp3) is 0.172. The van der Waals surface area contributed by atoms with Gasteiger partial charge >= 0.3 is 192 Å². The van der Waals surface area contributed by atoms with Crippen LogP contribution in [0.3, 0.4) is 0 Å². The van der Waals surface area contributed by atoms with E-state index in [9.17, 15) is 5.11 Å². The summed E-state index contributed by atoms with van der Waals surface area (Å²) < 4.78 is 0. The van der Waals surface area contributed by atoms with Gasteiger partial charge in [0.05, 0.1) is 0 Å². The Bertz CT molecular complexity index is 1030. The molecule has 0 heterocycles. The van der Waals surface area contributed by atoms with Gasteiger partial charge in [-0.3, -0.25) is 0 Å². The van der Waals surface area contributed by atoms with E-state index in [-0.39, 0.29) is 6.61 Å². The van der Waals surface area contributed by atoms with Gasteiger partial charge in [-0.05, 0) is 0 Å². The Hall–Kier alpha value is -2.93. The molecular formula is C29H32NOP. The van der Waals surface area contributed by atoms with E-state index in [2.05, 4.69) is 134 Å². The summed E-state index contributed by atoms with van der Waals surface area (Å²) in [6, 6.07) is 42.0. The number of aliphatic hydroxyl groups excluding tert-OH is 1. The molecule has 0 aliphatic carbocycles. The standard InChI is InChI=1S/C29H32NOP/c1-3-30(23-24-31)25-19-21-29(22-20-25)32(2,26-13-7-4-8-14-26,27-15-9-5-10-16-27)28-17-11-6-12-18-28/h4-22,31H,3,23-24H2,1-2H3. The molecule has 2 nitrogen and oxygen atoms in total. The summed E-state index contributed by atoms with van der Waals surface area (Å²) in [7, 11) is 0. The van der Waals surface area contributed by atoms with Crippen LogP contribution in [0.1, 0.15) is 6.92 Å². The van der Waals surface area contributed by atoms with Gasteiger partial charge in [-0.25, -0.2) is 0 Å². The molecule has 0 aromatic heterocycles. The van der Waals surface area contributed by atoms with E-state index in [1.165, 1.54) is 21.2 Å². The molecule has 32 heavy (non-hydrogen) atoms. The molecule has 4 rings (SSSR count). The molecule has 0 radical (unpaired) electrons. The second kappa shape index (κ2) is 9.28. The fourth-order valence-corrected chi connectivity index (χ4v) is 10.4. The maximum atomic E-state index is 9.46. The number of anilines is 1. The Balaban J connectivity index is 2.05. The van der Waals surface area contributed by atoms with Gasteiger partial charge < -0.3 is 0 Å². The van der Waals surface area contributed by atoms with E-state index >= 15 is 0 Å². The monoisotopic (exact) mass is 441 g/mol. The van der Waals surface area contributed by atoms with Crippen LogP contribution in [0.25, 0.3) is 0 Å². The van der Waals surface area contributed by atoms with Crippen LogP contribution in [0.4, 0.5) is 5.69 Å². The molecule has 0 amide bonds. The number of rotatable bonds is 8. The van der Waals surface area contributed by atoms with Crippen molar-refractivity contribution in [1.82, 2.24) is 0 Å². The fourth-order valence-electron chi connectivity index (χ4n) is 4.92. The first-order valence-corrected chi connectivity index (χ1v) is 14.0. The van der Waals surface area contributed by atoms with E-state index in [1.54, 1.807) is 0 Å². The van der Waals surface area contributed by atoms with Crippen LogP contribution in [-0.4, -0.2) is 31.5 Å². The first kappa shape index (κ1) is 22.3. The van der Waals surface area contributed by atoms with E-state index in [0.717, 1.165) is 12.2 Å². The molecule has 0 saturated carbocycles. The average Bonchev–Trinajstić information content (AvgIpc) is 2.88. The second-order valence-corrected chi connectivity index (χ2v) is 13.6. The summed E-state index contributed by atoms with van der Waals surface area (Å²) in [4.78, 5) is 2.21. The summed E-state index contributed by atoms with van der Waals surface area (Å²) in [6.45, 7) is 3.29. The summed E-state index contributed by atoms with van der Waals surface area (Å²) in [5, 5.41) is 14.9. The van der Waals surface area contributed by atoms with Crippen molar-refractivity contribution < 1.29 is 5.11 Å². The minimum atomic E-state index is -2.98. The molecule has 0 spiro atoms. The van der Waals surface area contributed by atoms with Crippen LogP contribution < -0.4 is 26.1 Å². The van der Waals surface area contributed by atoms with E-state index in [4.69, 9.17) is 0 Å². The predicted molar refractivity (Wildman–Crippen MR) is 142 cm³/mol. The third kappa shape index (κ3) is 3.54. The van der Waals surface area contributed by atoms with Gasteiger partial charge in [-0.1, -0.05) is 0 Å². The average molecular weight is 442 g/mol. The molecular weight excluding hydrogens is 409 g/mol. The van der Waals surface area contributed by atoms with Crippen molar-refractivity contribution in [2.45, 2.75) is 6.92 Å². The molecule has 1 N–H and O–H groups in total. The molecule has 0 aliphatic rings. The third-order valence-corrected chi connectivity index (χ3v) is 13.2. The molecule has 0 saturated heterocycles. The number of hydrogen-bond donors (Lipinski definition) is 1. The Morgan fingerprint density at radius 2 is 0.969 bits per heavy atom. The van der Waals surface area contributed by atoms with Gasteiger partial charge in [0.15, 0.2) is 0 Å². The predicted octanol–water partition coefficient (Wildman–Crippen LogP) is 4.29. The van der Waals surface area contributed by atoms with E-state index in [1.807, 2.05) is 0 Å². The van der Waals surface area contributed by atoms with Crippen molar-refractivity contribution in [3.63, 3.8) is 0 Å². The first-order valence-electron chi connectivity index (χ1n) is 11.3. The number of aliphatic hydroxyl groups is 1. The summed E-state index contributed by atoms with van der Waals surface area (Å²) in [5.41, 5.74) is 1.14. The van der Waals surface area contributed by atoms with Crippen molar-refractivity contribution in [2.75, 3.05) is 31.3 Å². The maximum absolute atomic E-state index is 9.46. The number of benzene rings is 4. The van der Waals surface area contributed by atoms with Crippen molar-refractivity contribution in [2.24, 2.45) is 0 Å². The Morgan fingerprint density at radius 3 is 1.31 bits per heavy atom. The van der Waals surface area contributed by atoms with Gasteiger partial charge in [0, 0.05) is 0 Å². The van der Waals surface area contributed by atoms with Crippen LogP contribution in [0.2, 0.25) is 0 Å². The van der Waals surface area contributed by atoms with Gasteiger partial charge in [-0.15, -0.1) is 0 Å². The summed E-state index contributed by atoms with van der Waals surface area (Å²) in [6.07, 6.45) is 0. The molecule has 4 aromatic rings. The molecule has 0 fully saturated rings. The quantitative estimate of drug-likeness (QED) is 0.413. The van der Waals surface area contributed by atoms with Crippen molar-refractivity contribution in [3.8, 4) is 0 Å². The summed E-state index contributed by atoms with van der Waals surface area (Å²) in [5.74, 6) is 0. The molecule has 3 heteroatoms. The zero-order valence-corrected chi connectivity index (χ0v) is 19.8. The van der Waals surface area contributed by atoms with E-state index in [0.29, 0.717) is 6.54 Å². The zero-order chi connectivity index (χ0) is 22.5. The molecule has 4 aromatic carbocycles. The SMILES string of the molecule is CCN(CCO)c1ccc(P(C)(c2ccccc2)(c2ccccc2)c2ccccc2)cc1. The molecule has 0 atom stereocenters. The topological polar surface area (TPSA) is 23.5 Å². The normalized spacial score (nSPS) is 12.7. The van der Waals surface area contributed by atoms with Crippen molar-refractivity contribution in [3.05, 3.63) is 115 Å². The van der Waals surface area contributed by atoms with Crippen LogP contribution >= 0.6 is 6.60 Å². The molecule has 164 valence electrons. The van der Waals surface area contributed by atoms with Gasteiger partial charge in [0.2, 0.25) is 0 Å². The van der Waals surface area contributed by atoms with E-state index < -0.39 is 6.60 Å².